The third-order valence-corrected chi connectivity index (χ3v) is 3.83. The van der Waals surface area contributed by atoms with Crippen LogP contribution in [-0.4, -0.2) is 36.6 Å². The summed E-state index contributed by atoms with van der Waals surface area (Å²) in [5.41, 5.74) is 0.240. The smallest absolute Gasteiger partial charge is 0.0252 e. The van der Waals surface area contributed by atoms with E-state index in [4.69, 9.17) is 0 Å². The van der Waals surface area contributed by atoms with Crippen molar-refractivity contribution in [2.24, 2.45) is 5.92 Å². The summed E-state index contributed by atoms with van der Waals surface area (Å²) in [6, 6.07) is 0.807. The minimum atomic E-state index is 0.240. The van der Waals surface area contributed by atoms with Crippen molar-refractivity contribution in [1.82, 2.24) is 10.2 Å². The zero-order valence-corrected chi connectivity index (χ0v) is 11.8. The van der Waals surface area contributed by atoms with E-state index in [0.717, 1.165) is 25.0 Å². The standard InChI is InChI=1S/C14H30N2/c1-6-15-14(3,4)11-16(5)13-9-7-8-12(2)10-13/h12-13,15H,6-11H2,1-5H3. The Morgan fingerprint density at radius 1 is 1.31 bits per heavy atom. The molecule has 2 heteroatoms. The normalized spacial score (nSPS) is 27.4. The fourth-order valence-corrected chi connectivity index (χ4v) is 3.09. The fourth-order valence-electron chi connectivity index (χ4n) is 3.09. The molecule has 1 saturated carbocycles. The van der Waals surface area contributed by atoms with Crippen LogP contribution >= 0.6 is 0 Å². The highest BCUT2D eigenvalue weighted by Gasteiger charge is 2.26. The number of nitrogens with one attached hydrogen (secondary N) is 1. The second-order valence-electron chi connectivity index (χ2n) is 6.25. The van der Waals surface area contributed by atoms with Crippen LogP contribution in [0.2, 0.25) is 0 Å². The summed E-state index contributed by atoms with van der Waals surface area (Å²) in [7, 11) is 2.29. The maximum atomic E-state index is 3.56. The molecule has 0 aromatic carbocycles. The molecule has 0 radical (unpaired) electrons. The second-order valence-corrected chi connectivity index (χ2v) is 6.25. The summed E-state index contributed by atoms with van der Waals surface area (Å²) in [5.74, 6) is 0.920. The van der Waals surface area contributed by atoms with Gasteiger partial charge in [-0.05, 0) is 46.2 Å². The number of nitrogens with zero attached hydrogens (tertiary/aromatic N) is 1. The second kappa shape index (κ2) is 6.02. The molecule has 0 saturated heterocycles. The van der Waals surface area contributed by atoms with Gasteiger partial charge >= 0.3 is 0 Å². The van der Waals surface area contributed by atoms with E-state index in [9.17, 15) is 0 Å². The molecule has 0 aliphatic heterocycles. The summed E-state index contributed by atoms with van der Waals surface area (Å²) in [4.78, 5) is 2.57. The molecule has 1 N–H and O–H groups in total. The van der Waals surface area contributed by atoms with Gasteiger partial charge in [0.15, 0.2) is 0 Å². The molecule has 1 rings (SSSR count). The summed E-state index contributed by atoms with van der Waals surface area (Å²) in [6.07, 6.45) is 5.63. The Hall–Kier alpha value is -0.0800. The van der Waals surface area contributed by atoms with E-state index in [-0.39, 0.29) is 5.54 Å². The van der Waals surface area contributed by atoms with Crippen LogP contribution in [-0.2, 0) is 0 Å². The van der Waals surface area contributed by atoms with Gasteiger partial charge in [0.2, 0.25) is 0 Å². The molecule has 0 amide bonds. The van der Waals surface area contributed by atoms with E-state index in [0.29, 0.717) is 0 Å². The highest BCUT2D eigenvalue weighted by molar-refractivity contribution is 4.85. The quantitative estimate of drug-likeness (QED) is 0.775. The zero-order chi connectivity index (χ0) is 12.2. The average molecular weight is 226 g/mol. The van der Waals surface area contributed by atoms with Crippen molar-refractivity contribution in [3.63, 3.8) is 0 Å². The number of rotatable bonds is 5. The molecule has 16 heavy (non-hydrogen) atoms. The van der Waals surface area contributed by atoms with Gasteiger partial charge in [0.25, 0.3) is 0 Å². The molecule has 96 valence electrons. The number of hydrogen-bond donors (Lipinski definition) is 1. The van der Waals surface area contributed by atoms with E-state index in [1.54, 1.807) is 0 Å². The van der Waals surface area contributed by atoms with Gasteiger partial charge in [0, 0.05) is 18.1 Å². The third kappa shape index (κ3) is 4.42. The lowest BCUT2D eigenvalue weighted by atomic mass is 9.86. The summed E-state index contributed by atoms with van der Waals surface area (Å²) < 4.78 is 0. The average Bonchev–Trinajstić information content (AvgIpc) is 2.16. The Morgan fingerprint density at radius 2 is 2.00 bits per heavy atom. The van der Waals surface area contributed by atoms with E-state index >= 15 is 0 Å². The van der Waals surface area contributed by atoms with E-state index in [2.05, 4.69) is 45.0 Å². The zero-order valence-electron chi connectivity index (χ0n) is 11.8. The third-order valence-electron chi connectivity index (χ3n) is 3.83. The lowest BCUT2D eigenvalue weighted by molar-refractivity contribution is 0.131. The van der Waals surface area contributed by atoms with E-state index < -0.39 is 0 Å². The van der Waals surface area contributed by atoms with Crippen LogP contribution in [0.1, 0.15) is 53.4 Å². The topological polar surface area (TPSA) is 15.3 Å². The molecule has 0 bridgehead atoms. The first-order valence-electron chi connectivity index (χ1n) is 6.90. The Morgan fingerprint density at radius 3 is 2.56 bits per heavy atom. The molecular weight excluding hydrogens is 196 g/mol. The highest BCUT2D eigenvalue weighted by Crippen LogP contribution is 2.27. The Labute approximate surface area is 102 Å². The Balaban J connectivity index is 2.41. The molecule has 2 atom stereocenters. The first kappa shape index (κ1) is 14.0. The number of hydrogen-bond acceptors (Lipinski definition) is 2. The summed E-state index contributed by atoms with van der Waals surface area (Å²) in [5, 5.41) is 3.56. The van der Waals surface area contributed by atoms with Crippen molar-refractivity contribution in [3.05, 3.63) is 0 Å². The fraction of sp³-hybridized carbons (Fsp3) is 1.00. The Kier molecular flexibility index (Phi) is 5.26. The van der Waals surface area contributed by atoms with Crippen LogP contribution in [0.15, 0.2) is 0 Å². The molecule has 1 fully saturated rings. The molecule has 1 aliphatic rings. The summed E-state index contributed by atoms with van der Waals surface area (Å²) in [6.45, 7) is 11.4. The van der Waals surface area contributed by atoms with Gasteiger partial charge in [-0.15, -0.1) is 0 Å². The minimum absolute atomic E-state index is 0.240. The predicted octanol–water partition coefficient (Wildman–Crippen LogP) is 2.89. The maximum Gasteiger partial charge on any atom is 0.0252 e. The molecule has 2 unspecified atom stereocenters. The monoisotopic (exact) mass is 226 g/mol. The molecular formula is C14H30N2. The molecule has 0 aromatic rings. The maximum absolute atomic E-state index is 3.56. The minimum Gasteiger partial charge on any atom is -0.311 e. The van der Waals surface area contributed by atoms with Gasteiger partial charge in [-0.2, -0.15) is 0 Å². The molecule has 0 heterocycles. The van der Waals surface area contributed by atoms with E-state index in [1.165, 1.54) is 25.7 Å². The largest absolute Gasteiger partial charge is 0.311 e. The van der Waals surface area contributed by atoms with Gasteiger partial charge in [-0.3, -0.25) is 0 Å². The van der Waals surface area contributed by atoms with Crippen LogP contribution in [0.4, 0.5) is 0 Å². The van der Waals surface area contributed by atoms with Crippen LogP contribution in [0, 0.1) is 5.92 Å². The molecule has 2 nitrogen and oxygen atoms in total. The van der Waals surface area contributed by atoms with Crippen molar-refractivity contribution in [3.8, 4) is 0 Å². The van der Waals surface area contributed by atoms with Crippen molar-refractivity contribution < 1.29 is 0 Å². The SMILES string of the molecule is CCNC(C)(C)CN(C)C1CCCC(C)C1. The van der Waals surface area contributed by atoms with Gasteiger partial charge in [-0.25, -0.2) is 0 Å². The van der Waals surface area contributed by atoms with E-state index in [1.807, 2.05) is 0 Å². The van der Waals surface area contributed by atoms with Crippen molar-refractivity contribution in [2.75, 3.05) is 20.1 Å². The molecule has 0 aromatic heterocycles. The predicted molar refractivity (Wildman–Crippen MR) is 71.8 cm³/mol. The van der Waals surface area contributed by atoms with Crippen molar-refractivity contribution >= 4 is 0 Å². The van der Waals surface area contributed by atoms with Gasteiger partial charge in [-0.1, -0.05) is 26.7 Å². The van der Waals surface area contributed by atoms with Crippen molar-refractivity contribution in [2.45, 2.75) is 65.0 Å². The molecule has 1 aliphatic carbocycles. The van der Waals surface area contributed by atoms with Gasteiger partial charge in [0.05, 0.1) is 0 Å². The van der Waals surface area contributed by atoms with Gasteiger partial charge < -0.3 is 10.2 Å². The first-order valence-corrected chi connectivity index (χ1v) is 6.90. The number of likely N-dealkylation sites (N-methyl/N-ethyl adjacent to an activating group) is 2. The molecule has 0 spiro atoms. The Bertz CT molecular complexity index is 201. The van der Waals surface area contributed by atoms with Crippen molar-refractivity contribution in [1.29, 1.82) is 0 Å². The lowest BCUT2D eigenvalue weighted by Crippen LogP contribution is -2.51. The van der Waals surface area contributed by atoms with Crippen LogP contribution in [0.3, 0.4) is 0 Å². The van der Waals surface area contributed by atoms with Gasteiger partial charge in [0.1, 0.15) is 0 Å². The summed E-state index contributed by atoms with van der Waals surface area (Å²) >= 11 is 0. The van der Waals surface area contributed by atoms with Crippen LogP contribution in [0.5, 0.6) is 0 Å². The van der Waals surface area contributed by atoms with Crippen LogP contribution in [0.25, 0.3) is 0 Å². The first-order chi connectivity index (χ1) is 7.44. The lowest BCUT2D eigenvalue weighted by Gasteiger charge is -2.39. The van der Waals surface area contributed by atoms with Crippen LogP contribution < -0.4 is 5.32 Å². The highest BCUT2D eigenvalue weighted by atomic mass is 15.2.